The molecule has 2 unspecified atom stereocenters. The number of hydrogen-bond acceptors (Lipinski definition) is 2. The fourth-order valence-corrected chi connectivity index (χ4v) is 2.87. The van der Waals surface area contributed by atoms with Crippen LogP contribution in [0.5, 0.6) is 0 Å². The number of carbonyl (C=O) groups is 1. The molecule has 0 radical (unpaired) electrons. The summed E-state index contributed by atoms with van der Waals surface area (Å²) in [5.74, 6) is 1.51. The van der Waals surface area contributed by atoms with Gasteiger partial charge in [0.05, 0.1) is 5.56 Å². The molecule has 1 aliphatic carbocycles. The van der Waals surface area contributed by atoms with Crippen LogP contribution in [0, 0.1) is 11.8 Å². The van der Waals surface area contributed by atoms with E-state index >= 15 is 0 Å². The Bertz CT molecular complexity index is 431. The van der Waals surface area contributed by atoms with Gasteiger partial charge >= 0.3 is 0 Å². The SMILES string of the molecule is CCNc1ccccc1C(=O)NCC1CCC(C)C1. The van der Waals surface area contributed by atoms with Gasteiger partial charge in [-0.15, -0.1) is 0 Å². The van der Waals surface area contributed by atoms with E-state index in [4.69, 9.17) is 0 Å². The van der Waals surface area contributed by atoms with Crippen LogP contribution in [0.2, 0.25) is 0 Å². The van der Waals surface area contributed by atoms with Gasteiger partial charge < -0.3 is 10.6 Å². The third-order valence-electron chi connectivity index (χ3n) is 3.89. The number of para-hydroxylation sites is 1. The van der Waals surface area contributed by atoms with Crippen molar-refractivity contribution in [3.8, 4) is 0 Å². The zero-order chi connectivity index (χ0) is 13.7. The summed E-state index contributed by atoms with van der Waals surface area (Å²) in [4.78, 5) is 12.2. The van der Waals surface area contributed by atoms with Crippen LogP contribution < -0.4 is 10.6 Å². The summed E-state index contributed by atoms with van der Waals surface area (Å²) in [6, 6.07) is 7.70. The molecule has 0 spiro atoms. The van der Waals surface area contributed by atoms with Gasteiger partial charge in [0.1, 0.15) is 0 Å². The average Bonchev–Trinajstić information content (AvgIpc) is 2.83. The Labute approximate surface area is 115 Å². The molecule has 0 aliphatic heterocycles. The van der Waals surface area contributed by atoms with Crippen molar-refractivity contribution in [3.05, 3.63) is 29.8 Å². The largest absolute Gasteiger partial charge is 0.385 e. The van der Waals surface area contributed by atoms with E-state index in [1.54, 1.807) is 0 Å². The van der Waals surface area contributed by atoms with Crippen molar-refractivity contribution >= 4 is 11.6 Å². The monoisotopic (exact) mass is 260 g/mol. The van der Waals surface area contributed by atoms with E-state index in [0.717, 1.165) is 30.3 Å². The van der Waals surface area contributed by atoms with Gasteiger partial charge in [0.25, 0.3) is 5.91 Å². The fraction of sp³-hybridized carbons (Fsp3) is 0.562. The van der Waals surface area contributed by atoms with E-state index in [1.807, 2.05) is 31.2 Å². The number of anilines is 1. The zero-order valence-corrected chi connectivity index (χ0v) is 11.9. The highest BCUT2D eigenvalue weighted by atomic mass is 16.1. The highest BCUT2D eigenvalue weighted by Gasteiger charge is 2.22. The molecule has 1 aromatic rings. The van der Waals surface area contributed by atoms with Gasteiger partial charge in [-0.2, -0.15) is 0 Å². The van der Waals surface area contributed by atoms with Gasteiger partial charge in [0, 0.05) is 18.8 Å². The van der Waals surface area contributed by atoms with E-state index in [0.29, 0.717) is 5.92 Å². The summed E-state index contributed by atoms with van der Waals surface area (Å²) in [6.45, 7) is 5.96. The van der Waals surface area contributed by atoms with Crippen molar-refractivity contribution in [1.82, 2.24) is 5.32 Å². The summed E-state index contributed by atoms with van der Waals surface area (Å²) >= 11 is 0. The number of rotatable bonds is 5. The summed E-state index contributed by atoms with van der Waals surface area (Å²) in [5.41, 5.74) is 1.66. The van der Waals surface area contributed by atoms with Crippen molar-refractivity contribution in [1.29, 1.82) is 0 Å². The molecule has 3 heteroatoms. The third kappa shape index (κ3) is 3.72. The second-order valence-electron chi connectivity index (χ2n) is 5.57. The molecule has 2 rings (SSSR count). The van der Waals surface area contributed by atoms with E-state index in [1.165, 1.54) is 19.3 Å². The Kier molecular flexibility index (Phi) is 4.83. The van der Waals surface area contributed by atoms with Gasteiger partial charge in [-0.1, -0.05) is 25.5 Å². The van der Waals surface area contributed by atoms with Crippen LogP contribution in [-0.2, 0) is 0 Å². The summed E-state index contributed by atoms with van der Waals surface area (Å²) < 4.78 is 0. The fourth-order valence-electron chi connectivity index (χ4n) is 2.87. The standard InChI is InChI=1S/C16H24N2O/c1-3-17-15-7-5-4-6-14(15)16(19)18-11-13-9-8-12(2)10-13/h4-7,12-13,17H,3,8-11H2,1-2H3,(H,18,19). The highest BCUT2D eigenvalue weighted by Crippen LogP contribution is 2.29. The third-order valence-corrected chi connectivity index (χ3v) is 3.89. The quantitative estimate of drug-likeness (QED) is 0.853. The Morgan fingerprint density at radius 2 is 2.11 bits per heavy atom. The molecule has 1 saturated carbocycles. The van der Waals surface area contributed by atoms with Crippen molar-refractivity contribution in [2.24, 2.45) is 11.8 Å². The smallest absolute Gasteiger partial charge is 0.253 e. The molecule has 2 N–H and O–H groups in total. The topological polar surface area (TPSA) is 41.1 Å². The molecular weight excluding hydrogens is 236 g/mol. The maximum Gasteiger partial charge on any atom is 0.253 e. The second kappa shape index (κ2) is 6.60. The molecule has 19 heavy (non-hydrogen) atoms. The van der Waals surface area contributed by atoms with Gasteiger partial charge in [-0.3, -0.25) is 4.79 Å². The first kappa shape index (κ1) is 13.9. The minimum atomic E-state index is 0.0381. The number of carbonyl (C=O) groups excluding carboxylic acids is 1. The van der Waals surface area contributed by atoms with Crippen molar-refractivity contribution < 1.29 is 4.79 Å². The van der Waals surface area contributed by atoms with Crippen LogP contribution in [0.1, 0.15) is 43.5 Å². The lowest BCUT2D eigenvalue weighted by Crippen LogP contribution is -2.29. The lowest BCUT2D eigenvalue weighted by atomic mass is 10.1. The van der Waals surface area contributed by atoms with E-state index < -0.39 is 0 Å². The highest BCUT2D eigenvalue weighted by molar-refractivity contribution is 5.99. The van der Waals surface area contributed by atoms with E-state index in [9.17, 15) is 4.79 Å². The van der Waals surface area contributed by atoms with Gasteiger partial charge in [-0.25, -0.2) is 0 Å². The maximum atomic E-state index is 12.2. The molecule has 0 aromatic heterocycles. The van der Waals surface area contributed by atoms with Crippen LogP contribution in [-0.4, -0.2) is 19.0 Å². The van der Waals surface area contributed by atoms with Crippen molar-refractivity contribution in [3.63, 3.8) is 0 Å². The minimum Gasteiger partial charge on any atom is -0.385 e. The van der Waals surface area contributed by atoms with Crippen LogP contribution in [0.4, 0.5) is 5.69 Å². The predicted octanol–water partition coefficient (Wildman–Crippen LogP) is 3.28. The first-order valence-corrected chi connectivity index (χ1v) is 7.31. The molecule has 1 fully saturated rings. The lowest BCUT2D eigenvalue weighted by Gasteiger charge is -2.13. The first-order valence-electron chi connectivity index (χ1n) is 7.31. The molecule has 0 bridgehead atoms. The van der Waals surface area contributed by atoms with Crippen LogP contribution in [0.3, 0.4) is 0 Å². The van der Waals surface area contributed by atoms with E-state index in [-0.39, 0.29) is 5.91 Å². The van der Waals surface area contributed by atoms with Crippen molar-refractivity contribution in [2.45, 2.75) is 33.1 Å². The maximum absolute atomic E-state index is 12.2. The van der Waals surface area contributed by atoms with E-state index in [2.05, 4.69) is 17.6 Å². The van der Waals surface area contributed by atoms with Gasteiger partial charge in [0.2, 0.25) is 0 Å². The lowest BCUT2D eigenvalue weighted by molar-refractivity contribution is 0.0948. The number of benzene rings is 1. The Morgan fingerprint density at radius 1 is 1.32 bits per heavy atom. The predicted molar refractivity (Wildman–Crippen MR) is 79.4 cm³/mol. The Balaban J connectivity index is 1.92. The molecule has 1 aliphatic rings. The van der Waals surface area contributed by atoms with Gasteiger partial charge in [0.15, 0.2) is 0 Å². The second-order valence-corrected chi connectivity index (χ2v) is 5.57. The number of nitrogens with one attached hydrogen (secondary N) is 2. The average molecular weight is 260 g/mol. The van der Waals surface area contributed by atoms with Crippen LogP contribution in [0.15, 0.2) is 24.3 Å². The Hall–Kier alpha value is -1.51. The Morgan fingerprint density at radius 3 is 2.79 bits per heavy atom. The zero-order valence-electron chi connectivity index (χ0n) is 11.9. The minimum absolute atomic E-state index is 0.0381. The molecule has 1 aromatic carbocycles. The van der Waals surface area contributed by atoms with Crippen LogP contribution in [0.25, 0.3) is 0 Å². The molecule has 104 valence electrons. The van der Waals surface area contributed by atoms with Gasteiger partial charge in [-0.05, 0) is 43.7 Å². The summed E-state index contributed by atoms with van der Waals surface area (Å²) in [6.07, 6.45) is 3.79. The number of amides is 1. The van der Waals surface area contributed by atoms with Crippen molar-refractivity contribution in [2.75, 3.05) is 18.4 Å². The summed E-state index contributed by atoms with van der Waals surface area (Å²) in [7, 11) is 0. The molecule has 1 amide bonds. The normalized spacial score (nSPS) is 22.2. The molecule has 0 saturated heterocycles. The summed E-state index contributed by atoms with van der Waals surface area (Å²) in [5, 5.41) is 6.31. The molecule has 3 nitrogen and oxygen atoms in total. The van der Waals surface area contributed by atoms with Crippen LogP contribution >= 0.6 is 0 Å². The molecule has 0 heterocycles. The number of hydrogen-bond donors (Lipinski definition) is 2. The molecule has 2 atom stereocenters. The first-order chi connectivity index (χ1) is 9.20. The molecular formula is C16H24N2O.